The summed E-state index contributed by atoms with van der Waals surface area (Å²) in [7, 11) is 3.27. The maximum atomic E-state index is 6.21. The van der Waals surface area contributed by atoms with Crippen LogP contribution in [0, 0.1) is 6.92 Å². The lowest BCUT2D eigenvalue weighted by molar-refractivity contribution is 0.359. The predicted molar refractivity (Wildman–Crippen MR) is 91.4 cm³/mol. The third-order valence-corrected chi connectivity index (χ3v) is 4.44. The number of benzene rings is 3. The van der Waals surface area contributed by atoms with E-state index in [-0.39, 0.29) is 0 Å². The number of nitrogens with two attached hydrogens (primary N) is 1. The van der Waals surface area contributed by atoms with Gasteiger partial charge in [0, 0.05) is 27.0 Å². The van der Waals surface area contributed by atoms with Crippen LogP contribution in [-0.2, 0) is 0 Å². The molecule has 0 spiro atoms. The zero-order valence-electron chi connectivity index (χ0n) is 12.2. The largest absolute Gasteiger partial charge is 0.493 e. The highest BCUT2D eigenvalue weighted by Gasteiger charge is 2.17. The van der Waals surface area contributed by atoms with E-state index < -0.39 is 0 Å². The van der Waals surface area contributed by atoms with E-state index in [1.165, 1.54) is 5.56 Å². The standard InChI is InChI=1S/C17H16BrNO2/c1-9-7-11-13(19)8-14(20-2)17(21-3)16(11)10-5-4-6-12(18)15(9)10/h4-8H,19H2,1-3H3. The summed E-state index contributed by atoms with van der Waals surface area (Å²) in [6.07, 6.45) is 0. The monoisotopic (exact) mass is 345 g/mol. The average molecular weight is 346 g/mol. The van der Waals surface area contributed by atoms with Crippen molar-refractivity contribution in [1.29, 1.82) is 0 Å². The predicted octanol–water partition coefficient (Wildman–Crippen LogP) is 4.66. The SMILES string of the molecule is COc1cc(N)c2cc(C)c3c(Br)cccc3c2c1OC. The summed E-state index contributed by atoms with van der Waals surface area (Å²) >= 11 is 3.63. The van der Waals surface area contributed by atoms with Crippen LogP contribution in [0.3, 0.4) is 0 Å². The molecule has 0 radical (unpaired) electrons. The van der Waals surface area contributed by atoms with Gasteiger partial charge in [-0.3, -0.25) is 0 Å². The van der Waals surface area contributed by atoms with Gasteiger partial charge in [-0.2, -0.15) is 0 Å². The number of rotatable bonds is 2. The zero-order valence-corrected chi connectivity index (χ0v) is 13.7. The fraction of sp³-hybridized carbons (Fsp3) is 0.176. The lowest BCUT2D eigenvalue weighted by Crippen LogP contribution is -1.97. The highest BCUT2D eigenvalue weighted by Crippen LogP contribution is 2.44. The van der Waals surface area contributed by atoms with Gasteiger partial charge in [0.2, 0.25) is 0 Å². The molecule has 21 heavy (non-hydrogen) atoms. The summed E-state index contributed by atoms with van der Waals surface area (Å²) in [5, 5.41) is 4.23. The van der Waals surface area contributed by atoms with Crippen LogP contribution in [0.5, 0.6) is 11.5 Å². The van der Waals surface area contributed by atoms with Crippen LogP contribution in [0.25, 0.3) is 21.5 Å². The highest BCUT2D eigenvalue weighted by atomic mass is 79.9. The Morgan fingerprint density at radius 2 is 1.76 bits per heavy atom. The molecule has 3 rings (SSSR count). The Morgan fingerprint density at radius 1 is 1.00 bits per heavy atom. The van der Waals surface area contributed by atoms with E-state index in [1.54, 1.807) is 14.2 Å². The minimum atomic E-state index is 0.646. The molecule has 2 N–H and O–H groups in total. The first-order valence-corrected chi connectivity index (χ1v) is 7.39. The number of hydrogen-bond donors (Lipinski definition) is 1. The molecule has 0 fully saturated rings. The van der Waals surface area contributed by atoms with Crippen molar-refractivity contribution < 1.29 is 9.47 Å². The number of halogens is 1. The van der Waals surface area contributed by atoms with E-state index in [0.717, 1.165) is 26.0 Å². The first-order valence-electron chi connectivity index (χ1n) is 6.60. The smallest absolute Gasteiger partial charge is 0.169 e. The van der Waals surface area contributed by atoms with E-state index in [4.69, 9.17) is 15.2 Å². The summed E-state index contributed by atoms with van der Waals surface area (Å²) in [4.78, 5) is 0. The Kier molecular flexibility index (Phi) is 3.41. The third-order valence-electron chi connectivity index (χ3n) is 3.78. The van der Waals surface area contributed by atoms with Gasteiger partial charge in [-0.25, -0.2) is 0 Å². The van der Waals surface area contributed by atoms with E-state index in [1.807, 2.05) is 18.2 Å². The second-order valence-corrected chi connectivity index (χ2v) is 5.83. The van der Waals surface area contributed by atoms with Gasteiger partial charge < -0.3 is 15.2 Å². The summed E-state index contributed by atoms with van der Waals surface area (Å²) in [6, 6.07) is 10.0. The van der Waals surface area contributed by atoms with Crippen LogP contribution in [0.4, 0.5) is 5.69 Å². The van der Waals surface area contributed by atoms with Crippen molar-refractivity contribution in [3.05, 3.63) is 40.4 Å². The maximum absolute atomic E-state index is 6.21. The summed E-state index contributed by atoms with van der Waals surface area (Å²) in [6.45, 7) is 2.09. The Morgan fingerprint density at radius 3 is 2.43 bits per heavy atom. The number of anilines is 1. The lowest BCUT2D eigenvalue weighted by Gasteiger charge is -2.16. The number of aryl methyl sites for hydroxylation is 1. The van der Waals surface area contributed by atoms with E-state index in [2.05, 4.69) is 35.0 Å². The van der Waals surface area contributed by atoms with Gasteiger partial charge >= 0.3 is 0 Å². The number of hydrogen-bond acceptors (Lipinski definition) is 3. The molecule has 3 aromatic rings. The van der Waals surface area contributed by atoms with Crippen LogP contribution in [0.15, 0.2) is 34.8 Å². The van der Waals surface area contributed by atoms with E-state index in [0.29, 0.717) is 17.2 Å². The van der Waals surface area contributed by atoms with Crippen LogP contribution >= 0.6 is 15.9 Å². The molecule has 0 amide bonds. The second kappa shape index (κ2) is 5.11. The van der Waals surface area contributed by atoms with Crippen molar-refractivity contribution in [2.45, 2.75) is 6.92 Å². The van der Waals surface area contributed by atoms with E-state index >= 15 is 0 Å². The lowest BCUT2D eigenvalue weighted by atomic mass is 9.96. The van der Waals surface area contributed by atoms with Crippen LogP contribution in [-0.4, -0.2) is 14.2 Å². The van der Waals surface area contributed by atoms with Crippen LogP contribution in [0.2, 0.25) is 0 Å². The molecule has 0 atom stereocenters. The Bertz CT molecular complexity index is 859. The van der Waals surface area contributed by atoms with Gasteiger partial charge in [0.25, 0.3) is 0 Å². The zero-order chi connectivity index (χ0) is 15.1. The Labute approximate surface area is 131 Å². The van der Waals surface area contributed by atoms with Crippen molar-refractivity contribution in [2.24, 2.45) is 0 Å². The van der Waals surface area contributed by atoms with Gasteiger partial charge in [0.05, 0.1) is 14.2 Å². The van der Waals surface area contributed by atoms with Gasteiger partial charge in [0.15, 0.2) is 11.5 Å². The topological polar surface area (TPSA) is 44.5 Å². The van der Waals surface area contributed by atoms with Crippen molar-refractivity contribution in [3.63, 3.8) is 0 Å². The molecule has 0 aliphatic heterocycles. The molecular formula is C17H16BrNO2. The van der Waals surface area contributed by atoms with Crippen LogP contribution in [0.1, 0.15) is 5.56 Å². The normalized spacial score (nSPS) is 11.0. The minimum Gasteiger partial charge on any atom is -0.493 e. The van der Waals surface area contributed by atoms with Crippen molar-refractivity contribution in [1.82, 2.24) is 0 Å². The number of methoxy groups -OCH3 is 2. The molecular weight excluding hydrogens is 330 g/mol. The molecule has 0 aliphatic carbocycles. The average Bonchev–Trinajstić information content (AvgIpc) is 2.47. The molecule has 108 valence electrons. The molecule has 0 saturated carbocycles. The Hall–Kier alpha value is -1.94. The molecule has 3 aromatic carbocycles. The maximum Gasteiger partial charge on any atom is 0.169 e. The fourth-order valence-electron chi connectivity index (χ4n) is 2.87. The summed E-state index contributed by atoms with van der Waals surface area (Å²) in [5.74, 6) is 1.36. The summed E-state index contributed by atoms with van der Waals surface area (Å²) < 4.78 is 12.1. The van der Waals surface area contributed by atoms with E-state index in [9.17, 15) is 0 Å². The first kappa shape index (κ1) is 14.0. The molecule has 0 heterocycles. The van der Waals surface area contributed by atoms with Gasteiger partial charge in [0.1, 0.15) is 0 Å². The first-order chi connectivity index (χ1) is 10.1. The Balaban J connectivity index is 2.65. The quantitative estimate of drug-likeness (QED) is 0.542. The van der Waals surface area contributed by atoms with Gasteiger partial charge in [-0.15, -0.1) is 0 Å². The molecule has 0 unspecified atom stereocenters. The third kappa shape index (κ3) is 2.02. The van der Waals surface area contributed by atoms with Gasteiger partial charge in [-0.05, 0) is 35.4 Å². The molecule has 4 heteroatoms. The number of ether oxygens (including phenoxy) is 2. The van der Waals surface area contributed by atoms with Gasteiger partial charge in [-0.1, -0.05) is 28.1 Å². The molecule has 3 nitrogen and oxygen atoms in total. The summed E-state index contributed by atoms with van der Waals surface area (Å²) in [5.41, 5.74) is 8.06. The molecule has 0 bridgehead atoms. The fourth-order valence-corrected chi connectivity index (χ4v) is 3.55. The molecule has 0 aromatic heterocycles. The van der Waals surface area contributed by atoms with Crippen molar-refractivity contribution >= 4 is 43.2 Å². The number of fused-ring (bicyclic) bond motifs is 3. The molecule has 0 saturated heterocycles. The second-order valence-electron chi connectivity index (χ2n) is 4.98. The van der Waals surface area contributed by atoms with Crippen LogP contribution < -0.4 is 15.2 Å². The molecule has 0 aliphatic rings. The highest BCUT2D eigenvalue weighted by molar-refractivity contribution is 9.10. The van der Waals surface area contributed by atoms with Crippen molar-refractivity contribution in [2.75, 3.05) is 20.0 Å². The van der Waals surface area contributed by atoms with Crippen molar-refractivity contribution in [3.8, 4) is 11.5 Å². The number of nitrogen functional groups attached to an aromatic ring is 1. The minimum absolute atomic E-state index is 0.646.